The number of thiophene rings is 1. The van der Waals surface area contributed by atoms with Crippen molar-refractivity contribution in [2.75, 3.05) is 93.5 Å². The van der Waals surface area contributed by atoms with E-state index in [0.29, 0.717) is 116 Å². The molecule has 0 aliphatic rings. The van der Waals surface area contributed by atoms with E-state index in [4.69, 9.17) is 37.9 Å². The van der Waals surface area contributed by atoms with Crippen LogP contribution < -0.4 is 0 Å². The molecule has 9 heteroatoms. The molecular weight excluding hydrogens is 689 g/mol. The van der Waals surface area contributed by atoms with Crippen molar-refractivity contribution < 1.29 is 37.9 Å². The van der Waals surface area contributed by atoms with Crippen LogP contribution in [0, 0.1) is 0 Å². The maximum absolute atomic E-state index is 6.49. The molecule has 0 spiro atoms. The Morgan fingerprint density at radius 3 is 0.925 bits per heavy atom. The van der Waals surface area contributed by atoms with Crippen molar-refractivity contribution in [2.24, 2.45) is 0 Å². The van der Waals surface area contributed by atoms with Crippen LogP contribution in [0.2, 0.25) is 0 Å². The van der Waals surface area contributed by atoms with E-state index in [9.17, 15) is 0 Å². The number of methoxy groups -OCH3 is 2. The Labute approximate surface area is 324 Å². The molecule has 0 unspecified atom stereocenters. The van der Waals surface area contributed by atoms with E-state index >= 15 is 0 Å². The van der Waals surface area contributed by atoms with Gasteiger partial charge in [0.15, 0.2) is 0 Å². The van der Waals surface area contributed by atoms with Crippen molar-refractivity contribution in [1.29, 1.82) is 0 Å². The van der Waals surface area contributed by atoms with E-state index in [1.54, 1.807) is 14.2 Å². The predicted molar refractivity (Wildman–Crippen MR) is 218 cm³/mol. The minimum atomic E-state index is 0.354. The number of hydrogen-bond donors (Lipinski definition) is 0. The van der Waals surface area contributed by atoms with Crippen molar-refractivity contribution >= 4 is 11.3 Å². The second-order valence-corrected chi connectivity index (χ2v) is 15.5. The summed E-state index contributed by atoms with van der Waals surface area (Å²) in [6.45, 7) is 25.6. The summed E-state index contributed by atoms with van der Waals surface area (Å²) in [6, 6.07) is 13.6. The molecule has 8 nitrogen and oxygen atoms in total. The molecule has 3 aromatic rings. The van der Waals surface area contributed by atoms with Gasteiger partial charge in [-0.2, -0.15) is 0 Å². The molecule has 0 radical (unpaired) electrons. The van der Waals surface area contributed by atoms with Crippen LogP contribution in [-0.4, -0.2) is 93.5 Å². The van der Waals surface area contributed by atoms with Crippen molar-refractivity contribution in [3.8, 4) is 20.9 Å². The zero-order chi connectivity index (χ0) is 38.6. The van der Waals surface area contributed by atoms with Crippen molar-refractivity contribution in [3.63, 3.8) is 0 Å². The highest BCUT2D eigenvalue weighted by atomic mass is 32.1. The zero-order valence-electron chi connectivity index (χ0n) is 34.3. The van der Waals surface area contributed by atoms with E-state index in [-0.39, 0.29) is 0 Å². The first kappa shape index (κ1) is 45.2. The Morgan fingerprint density at radius 2 is 0.660 bits per heavy atom. The molecular formula is C44H68O8S. The fourth-order valence-electron chi connectivity index (χ4n) is 6.35. The lowest BCUT2D eigenvalue weighted by Crippen LogP contribution is -2.12. The fraction of sp³-hybridized carbons (Fsp3) is 0.636. The summed E-state index contributed by atoms with van der Waals surface area (Å²) in [5.41, 5.74) is 10.5. The molecule has 3 rings (SSSR count). The largest absolute Gasteiger partial charge is 0.382 e. The van der Waals surface area contributed by atoms with Crippen molar-refractivity contribution in [2.45, 2.75) is 92.3 Å². The fourth-order valence-corrected chi connectivity index (χ4v) is 7.84. The highest BCUT2D eigenvalue weighted by molar-refractivity contribution is 7.19. The molecule has 0 saturated heterocycles. The van der Waals surface area contributed by atoms with Gasteiger partial charge in [0.05, 0.1) is 92.5 Å². The Morgan fingerprint density at radius 1 is 0.396 bits per heavy atom. The SMILES string of the molecule is COCCOCCOCCOCc1c(-c2c(C(C)C)cccc2C(C)C)sc(-c2c(C(C)C)cccc2C(C)C)c1COCCOCCOCCOC. The van der Waals surface area contributed by atoms with E-state index in [0.717, 1.165) is 0 Å². The first-order valence-electron chi connectivity index (χ1n) is 19.5. The van der Waals surface area contributed by atoms with Gasteiger partial charge >= 0.3 is 0 Å². The third-order valence-corrected chi connectivity index (χ3v) is 10.5. The first-order valence-corrected chi connectivity index (χ1v) is 20.3. The van der Waals surface area contributed by atoms with Gasteiger partial charge in [-0.25, -0.2) is 0 Å². The molecule has 0 N–H and O–H groups in total. The highest BCUT2D eigenvalue weighted by Gasteiger charge is 2.28. The predicted octanol–water partition coefficient (Wildman–Crippen LogP) is 9.97. The maximum atomic E-state index is 6.49. The molecule has 0 saturated carbocycles. The smallest absolute Gasteiger partial charge is 0.0736 e. The summed E-state index contributed by atoms with van der Waals surface area (Å²) < 4.78 is 45.9. The average molecular weight is 757 g/mol. The van der Waals surface area contributed by atoms with Gasteiger partial charge in [0.2, 0.25) is 0 Å². The summed E-state index contributed by atoms with van der Waals surface area (Å²) in [5, 5.41) is 0. The standard InChI is InChI=1S/C44H68O8S/c1-31(2)35-13-11-14-36(32(3)4)41(35)43-39(29-51-27-25-49-23-21-47-19-17-45-9)40(30-52-28-26-50-24-22-48-20-18-46-10)44(53-43)42-37(33(5)6)15-12-16-38(42)34(7)8/h11-16,31-34H,17-30H2,1-10H3. The molecule has 0 fully saturated rings. The van der Waals surface area contributed by atoms with Crippen LogP contribution in [0.4, 0.5) is 0 Å². The van der Waals surface area contributed by atoms with Crippen LogP contribution in [0.15, 0.2) is 36.4 Å². The second-order valence-electron chi connectivity index (χ2n) is 14.5. The number of ether oxygens (including phenoxy) is 8. The molecule has 1 aromatic heterocycles. The average Bonchev–Trinajstić information content (AvgIpc) is 3.49. The monoisotopic (exact) mass is 756 g/mol. The summed E-state index contributed by atoms with van der Waals surface area (Å²) in [4.78, 5) is 2.55. The zero-order valence-corrected chi connectivity index (χ0v) is 35.2. The first-order chi connectivity index (χ1) is 25.6. The van der Waals surface area contributed by atoms with Crippen molar-refractivity contribution in [1.82, 2.24) is 0 Å². The lowest BCUT2D eigenvalue weighted by molar-refractivity contribution is -0.00150. The minimum Gasteiger partial charge on any atom is -0.382 e. The van der Waals surface area contributed by atoms with Gasteiger partial charge in [-0.1, -0.05) is 91.8 Å². The lowest BCUT2D eigenvalue weighted by Gasteiger charge is -2.20. The molecule has 2 aromatic carbocycles. The second kappa shape index (κ2) is 25.1. The summed E-state index contributed by atoms with van der Waals surface area (Å²) in [6.07, 6.45) is 0. The topological polar surface area (TPSA) is 73.8 Å². The molecule has 1 heterocycles. The van der Waals surface area contributed by atoms with E-state index < -0.39 is 0 Å². The summed E-state index contributed by atoms with van der Waals surface area (Å²) >= 11 is 1.91. The van der Waals surface area contributed by atoms with Gasteiger partial charge in [0, 0.05) is 35.1 Å². The Hall–Kier alpha value is -2.18. The number of hydrogen-bond acceptors (Lipinski definition) is 9. The summed E-state index contributed by atoms with van der Waals surface area (Å²) in [5.74, 6) is 1.41. The molecule has 298 valence electrons. The Balaban J connectivity index is 2.06. The Kier molecular flexibility index (Phi) is 21.4. The normalized spacial score (nSPS) is 12.0. The quantitative estimate of drug-likeness (QED) is 0.0679. The van der Waals surface area contributed by atoms with Crippen LogP contribution in [0.1, 0.15) is 112 Å². The molecule has 0 aliphatic carbocycles. The maximum Gasteiger partial charge on any atom is 0.0736 e. The lowest BCUT2D eigenvalue weighted by atomic mass is 9.85. The number of rotatable bonds is 28. The van der Waals surface area contributed by atoms with Gasteiger partial charge in [-0.15, -0.1) is 11.3 Å². The number of benzene rings is 2. The van der Waals surface area contributed by atoms with Crippen LogP contribution in [0.5, 0.6) is 0 Å². The van der Waals surface area contributed by atoms with Crippen molar-refractivity contribution in [3.05, 3.63) is 69.8 Å². The third kappa shape index (κ3) is 14.1. The van der Waals surface area contributed by atoms with Crippen LogP contribution in [-0.2, 0) is 51.1 Å². The van der Waals surface area contributed by atoms with Crippen LogP contribution >= 0.6 is 11.3 Å². The Bertz CT molecular complexity index is 1290. The third-order valence-electron chi connectivity index (χ3n) is 9.16. The molecule has 53 heavy (non-hydrogen) atoms. The minimum absolute atomic E-state index is 0.354. The van der Waals surface area contributed by atoms with E-state index in [2.05, 4.69) is 91.8 Å². The van der Waals surface area contributed by atoms with Gasteiger partial charge in [-0.3, -0.25) is 0 Å². The molecule has 0 bridgehead atoms. The van der Waals surface area contributed by atoms with Gasteiger partial charge in [-0.05, 0) is 57.1 Å². The van der Waals surface area contributed by atoms with Gasteiger partial charge < -0.3 is 37.9 Å². The molecule has 0 atom stereocenters. The van der Waals surface area contributed by atoms with E-state index in [1.807, 2.05) is 11.3 Å². The van der Waals surface area contributed by atoms with E-state index in [1.165, 1.54) is 54.3 Å². The van der Waals surface area contributed by atoms with Crippen LogP contribution in [0.3, 0.4) is 0 Å². The summed E-state index contributed by atoms with van der Waals surface area (Å²) in [7, 11) is 3.35. The molecule has 0 amide bonds. The highest BCUT2D eigenvalue weighted by Crippen LogP contribution is 2.50. The van der Waals surface area contributed by atoms with Gasteiger partial charge in [0.1, 0.15) is 0 Å². The molecule has 0 aliphatic heterocycles. The van der Waals surface area contributed by atoms with Crippen LogP contribution in [0.25, 0.3) is 20.9 Å². The van der Waals surface area contributed by atoms with Gasteiger partial charge in [0.25, 0.3) is 0 Å².